The van der Waals surface area contributed by atoms with Crippen molar-refractivity contribution in [3.05, 3.63) is 63.4 Å². The van der Waals surface area contributed by atoms with E-state index >= 15 is 0 Å². The lowest BCUT2D eigenvalue weighted by molar-refractivity contribution is 0.0890. The second-order valence-corrected chi connectivity index (χ2v) is 9.11. The normalized spacial score (nSPS) is 15.9. The van der Waals surface area contributed by atoms with Crippen LogP contribution in [0.4, 0.5) is 0 Å². The molecular weight excluding hydrogens is 390 g/mol. The molecule has 6 heteroatoms. The lowest BCUT2D eigenvalue weighted by atomic mass is 9.96. The minimum Gasteiger partial charge on any atom is -0.317 e. The zero-order valence-electron chi connectivity index (χ0n) is 16.0. The molecule has 146 valence electrons. The number of aryl methyl sites for hydroxylation is 1. The van der Waals surface area contributed by atoms with E-state index in [1.807, 2.05) is 49.4 Å². The van der Waals surface area contributed by atoms with E-state index in [1.165, 1.54) is 16.9 Å². The van der Waals surface area contributed by atoms with Crippen LogP contribution in [0.3, 0.4) is 0 Å². The highest BCUT2D eigenvalue weighted by Crippen LogP contribution is 2.25. The van der Waals surface area contributed by atoms with Gasteiger partial charge in [0.05, 0.1) is 16.8 Å². The number of carbonyl (C=O) groups excluding carboxylic acids is 1. The van der Waals surface area contributed by atoms with Gasteiger partial charge in [0, 0.05) is 17.1 Å². The van der Waals surface area contributed by atoms with E-state index in [2.05, 4.69) is 9.47 Å². The van der Waals surface area contributed by atoms with Gasteiger partial charge < -0.3 is 4.57 Å². The average molecular weight is 414 g/mol. The van der Waals surface area contributed by atoms with Gasteiger partial charge in [0.15, 0.2) is 10.6 Å². The molecule has 1 aliphatic rings. The van der Waals surface area contributed by atoms with Crippen LogP contribution in [0.1, 0.15) is 28.8 Å². The fourth-order valence-electron chi connectivity index (χ4n) is 3.86. The molecule has 1 fully saturated rings. The molecule has 0 aliphatic carbocycles. The first kappa shape index (κ1) is 19.4. The third-order valence-corrected chi connectivity index (χ3v) is 6.75. The third-order valence-electron chi connectivity index (χ3n) is 5.55. The van der Waals surface area contributed by atoms with Crippen molar-refractivity contribution in [2.24, 2.45) is 5.92 Å². The Balaban J connectivity index is 1.36. The molecule has 2 aromatic carbocycles. The van der Waals surface area contributed by atoms with Crippen molar-refractivity contribution in [2.45, 2.75) is 26.3 Å². The highest BCUT2D eigenvalue weighted by atomic mass is 35.5. The lowest BCUT2D eigenvalue weighted by Crippen LogP contribution is -2.38. The van der Waals surface area contributed by atoms with Gasteiger partial charge in [-0.2, -0.15) is 0 Å². The standard InChI is InChI=1S/C22H24ClN3OS/c1-15-2-4-17(5-3-15)20(27)14-25-10-8-16(9-11-25)13-26-19-7-6-18(23)12-21(19)28-22(26)24/h2-7,12,16,24H,8-11,13-14H2,1H3. The summed E-state index contributed by atoms with van der Waals surface area (Å²) in [5.41, 5.74) is 3.06. The van der Waals surface area contributed by atoms with Crippen LogP contribution in [0.25, 0.3) is 10.2 Å². The van der Waals surface area contributed by atoms with Gasteiger partial charge in [0.2, 0.25) is 0 Å². The van der Waals surface area contributed by atoms with E-state index in [0.29, 0.717) is 22.3 Å². The van der Waals surface area contributed by atoms with Crippen molar-refractivity contribution >= 4 is 38.9 Å². The minimum atomic E-state index is 0.196. The first-order valence-corrected chi connectivity index (χ1v) is 10.8. The lowest BCUT2D eigenvalue weighted by Gasteiger charge is -2.31. The summed E-state index contributed by atoms with van der Waals surface area (Å²) >= 11 is 7.56. The van der Waals surface area contributed by atoms with Crippen molar-refractivity contribution < 1.29 is 4.79 Å². The number of aromatic nitrogens is 1. The second kappa shape index (κ2) is 8.19. The summed E-state index contributed by atoms with van der Waals surface area (Å²) in [6, 6.07) is 13.7. The van der Waals surface area contributed by atoms with E-state index in [0.717, 1.165) is 48.3 Å². The maximum atomic E-state index is 12.5. The zero-order valence-corrected chi connectivity index (χ0v) is 17.5. The van der Waals surface area contributed by atoms with E-state index < -0.39 is 0 Å². The number of carbonyl (C=O) groups is 1. The third kappa shape index (κ3) is 4.22. The second-order valence-electron chi connectivity index (χ2n) is 7.64. The van der Waals surface area contributed by atoms with Crippen molar-refractivity contribution in [1.82, 2.24) is 9.47 Å². The summed E-state index contributed by atoms with van der Waals surface area (Å²) in [4.78, 5) is 15.3. The molecule has 1 N–H and O–H groups in total. The number of fused-ring (bicyclic) bond motifs is 1. The molecule has 3 aromatic rings. The predicted octanol–water partition coefficient (Wildman–Crippen LogP) is 4.74. The van der Waals surface area contributed by atoms with Gasteiger partial charge in [-0.05, 0) is 57.0 Å². The topological polar surface area (TPSA) is 49.1 Å². The highest BCUT2D eigenvalue weighted by molar-refractivity contribution is 7.16. The molecule has 0 saturated carbocycles. The molecule has 0 radical (unpaired) electrons. The van der Waals surface area contributed by atoms with Crippen LogP contribution in [0, 0.1) is 18.3 Å². The summed E-state index contributed by atoms with van der Waals surface area (Å²) in [6.07, 6.45) is 2.11. The number of Topliss-reactive ketones (excluding diaryl/α,β-unsaturated/α-hetero) is 1. The SMILES string of the molecule is Cc1ccc(C(=O)CN2CCC(Cn3c(=N)sc4cc(Cl)ccc43)CC2)cc1. The van der Waals surface area contributed by atoms with Gasteiger partial charge in [0.25, 0.3) is 0 Å². The van der Waals surface area contributed by atoms with Gasteiger partial charge >= 0.3 is 0 Å². The molecule has 0 atom stereocenters. The fraction of sp³-hybridized carbons (Fsp3) is 0.364. The molecule has 1 aliphatic heterocycles. The minimum absolute atomic E-state index is 0.196. The number of nitrogens with zero attached hydrogens (tertiary/aromatic N) is 2. The number of ketones is 1. The Bertz CT molecular complexity index is 1050. The van der Waals surface area contributed by atoms with E-state index in [1.54, 1.807) is 0 Å². The number of thiazole rings is 1. The molecule has 0 spiro atoms. The summed E-state index contributed by atoms with van der Waals surface area (Å²) < 4.78 is 3.17. The van der Waals surface area contributed by atoms with Crippen LogP contribution < -0.4 is 4.80 Å². The largest absolute Gasteiger partial charge is 0.317 e. The molecular formula is C22H24ClN3OS. The zero-order chi connectivity index (χ0) is 19.7. The van der Waals surface area contributed by atoms with Crippen LogP contribution in [-0.4, -0.2) is 34.9 Å². The number of hydrogen-bond acceptors (Lipinski definition) is 4. The molecule has 2 heterocycles. The molecule has 0 bridgehead atoms. The van der Waals surface area contributed by atoms with Crippen LogP contribution in [-0.2, 0) is 6.54 Å². The molecule has 4 nitrogen and oxygen atoms in total. The molecule has 4 rings (SSSR count). The number of halogens is 1. The predicted molar refractivity (Wildman–Crippen MR) is 115 cm³/mol. The van der Waals surface area contributed by atoms with Crippen molar-refractivity contribution in [2.75, 3.05) is 19.6 Å². The molecule has 1 aromatic heterocycles. The molecule has 1 saturated heterocycles. The Morgan fingerprint density at radius 2 is 1.89 bits per heavy atom. The molecule has 28 heavy (non-hydrogen) atoms. The summed E-state index contributed by atoms with van der Waals surface area (Å²) in [5.74, 6) is 0.732. The van der Waals surface area contributed by atoms with Crippen molar-refractivity contribution in [3.63, 3.8) is 0 Å². The summed E-state index contributed by atoms with van der Waals surface area (Å²) in [7, 11) is 0. The van der Waals surface area contributed by atoms with E-state index in [9.17, 15) is 4.79 Å². The Morgan fingerprint density at radius 3 is 2.61 bits per heavy atom. The van der Waals surface area contributed by atoms with Gasteiger partial charge in [-0.25, -0.2) is 0 Å². The van der Waals surface area contributed by atoms with Gasteiger partial charge in [-0.3, -0.25) is 15.1 Å². The van der Waals surface area contributed by atoms with Gasteiger partial charge in [0.1, 0.15) is 0 Å². The highest BCUT2D eigenvalue weighted by Gasteiger charge is 2.22. The quantitative estimate of drug-likeness (QED) is 0.614. The maximum Gasteiger partial charge on any atom is 0.182 e. The maximum absolute atomic E-state index is 12.5. The number of likely N-dealkylation sites (tertiary alicyclic amines) is 1. The van der Waals surface area contributed by atoms with Crippen molar-refractivity contribution in [3.8, 4) is 0 Å². The molecule has 0 amide bonds. The molecule has 0 unspecified atom stereocenters. The first-order chi connectivity index (χ1) is 13.5. The van der Waals surface area contributed by atoms with Gasteiger partial charge in [-0.15, -0.1) is 0 Å². The van der Waals surface area contributed by atoms with Crippen LogP contribution in [0.15, 0.2) is 42.5 Å². The summed E-state index contributed by atoms with van der Waals surface area (Å²) in [5, 5.41) is 9.03. The summed E-state index contributed by atoms with van der Waals surface area (Å²) in [6.45, 7) is 5.26. The van der Waals surface area contributed by atoms with E-state index in [-0.39, 0.29) is 5.78 Å². The Labute approximate surface area is 173 Å². The van der Waals surface area contributed by atoms with Gasteiger partial charge in [-0.1, -0.05) is 52.8 Å². The Morgan fingerprint density at radius 1 is 1.18 bits per heavy atom. The number of piperidine rings is 1. The first-order valence-electron chi connectivity index (χ1n) is 9.65. The number of nitrogens with one attached hydrogen (secondary N) is 1. The van der Waals surface area contributed by atoms with E-state index in [4.69, 9.17) is 17.0 Å². The monoisotopic (exact) mass is 413 g/mol. The number of benzene rings is 2. The smallest absolute Gasteiger partial charge is 0.182 e. The number of rotatable bonds is 5. The number of hydrogen-bond donors (Lipinski definition) is 1. The Hall–Kier alpha value is -1.95. The van der Waals surface area contributed by atoms with Crippen molar-refractivity contribution in [1.29, 1.82) is 5.41 Å². The van der Waals surface area contributed by atoms with Crippen LogP contribution in [0.2, 0.25) is 5.02 Å². The van der Waals surface area contributed by atoms with Crippen LogP contribution >= 0.6 is 22.9 Å². The fourth-order valence-corrected chi connectivity index (χ4v) is 5.06. The van der Waals surface area contributed by atoms with Crippen LogP contribution in [0.5, 0.6) is 0 Å². The average Bonchev–Trinajstić information content (AvgIpc) is 2.98. The Kier molecular flexibility index (Phi) is 5.67.